The van der Waals surface area contributed by atoms with E-state index in [-0.39, 0.29) is 23.1 Å². The van der Waals surface area contributed by atoms with E-state index in [4.69, 9.17) is 11.6 Å². The molecule has 1 aliphatic heterocycles. The summed E-state index contributed by atoms with van der Waals surface area (Å²) >= 11 is 5.92. The average Bonchev–Trinajstić information content (AvgIpc) is 2.89. The number of benzene rings is 3. The highest BCUT2D eigenvalue weighted by atomic mass is 35.5. The van der Waals surface area contributed by atoms with Crippen LogP contribution in [0.5, 0.6) is 0 Å². The monoisotopic (exact) mass is 575 g/mol. The van der Waals surface area contributed by atoms with Crippen LogP contribution >= 0.6 is 11.6 Å². The van der Waals surface area contributed by atoms with Crippen molar-refractivity contribution in [3.05, 3.63) is 89.4 Å². The zero-order chi connectivity index (χ0) is 27.2. The predicted octanol–water partition coefficient (Wildman–Crippen LogP) is 4.75. The Morgan fingerprint density at radius 2 is 1.66 bits per heavy atom. The van der Waals surface area contributed by atoms with Crippen LogP contribution < -0.4 is 10.0 Å². The third-order valence-corrected chi connectivity index (χ3v) is 9.92. The Morgan fingerprint density at radius 3 is 2.37 bits per heavy atom. The molecule has 1 amide bonds. The second kappa shape index (κ2) is 12.3. The third kappa shape index (κ3) is 7.57. The van der Waals surface area contributed by atoms with Crippen LogP contribution in [0.2, 0.25) is 5.02 Å². The molecule has 1 unspecified atom stereocenters. The molecule has 0 spiro atoms. The fourth-order valence-corrected chi connectivity index (χ4v) is 7.19. The number of nitrogens with zero attached hydrogens (tertiary/aromatic N) is 1. The minimum atomic E-state index is -3.84. The number of anilines is 2. The summed E-state index contributed by atoms with van der Waals surface area (Å²) in [7, 11) is -7.31. The van der Waals surface area contributed by atoms with E-state index in [9.17, 15) is 21.6 Å². The number of amides is 1. The van der Waals surface area contributed by atoms with Crippen LogP contribution in [0.3, 0.4) is 0 Å². The predicted molar refractivity (Wildman–Crippen MR) is 150 cm³/mol. The fraction of sp³-hybridized carbons (Fsp3) is 0.296. The number of piperidine rings is 1. The molecule has 1 saturated heterocycles. The Hall–Kier alpha value is -2.92. The lowest BCUT2D eigenvalue weighted by atomic mass is 9.99. The van der Waals surface area contributed by atoms with Gasteiger partial charge in [0, 0.05) is 23.8 Å². The van der Waals surface area contributed by atoms with Crippen molar-refractivity contribution in [1.29, 1.82) is 0 Å². The summed E-state index contributed by atoms with van der Waals surface area (Å²) in [6, 6.07) is 21.9. The van der Waals surface area contributed by atoms with Crippen LogP contribution in [0.15, 0.2) is 83.8 Å². The van der Waals surface area contributed by atoms with E-state index in [1.165, 1.54) is 34.6 Å². The number of halogens is 1. The van der Waals surface area contributed by atoms with Crippen LogP contribution in [-0.2, 0) is 31.3 Å². The van der Waals surface area contributed by atoms with Crippen molar-refractivity contribution in [3.8, 4) is 0 Å². The first-order valence-electron chi connectivity index (χ1n) is 12.3. The molecule has 0 aromatic heterocycles. The molecular formula is C27H30ClN3O5S2. The molecule has 4 rings (SSSR count). The van der Waals surface area contributed by atoms with Crippen molar-refractivity contribution in [2.45, 2.75) is 30.6 Å². The van der Waals surface area contributed by atoms with Crippen LogP contribution in [0.1, 0.15) is 24.8 Å². The van der Waals surface area contributed by atoms with E-state index >= 15 is 0 Å². The smallest absolute Gasteiger partial charge is 0.261 e. The lowest BCUT2D eigenvalue weighted by molar-refractivity contribution is -0.120. The van der Waals surface area contributed by atoms with Gasteiger partial charge >= 0.3 is 0 Å². The molecule has 0 radical (unpaired) electrons. The van der Waals surface area contributed by atoms with E-state index in [2.05, 4.69) is 10.0 Å². The molecule has 3 aromatic carbocycles. The zero-order valence-corrected chi connectivity index (χ0v) is 23.1. The molecule has 1 heterocycles. The molecule has 1 aliphatic rings. The Kier molecular flexibility index (Phi) is 9.09. The first-order valence-corrected chi connectivity index (χ1v) is 15.8. The zero-order valence-electron chi connectivity index (χ0n) is 20.7. The van der Waals surface area contributed by atoms with Crippen molar-refractivity contribution in [3.63, 3.8) is 0 Å². The van der Waals surface area contributed by atoms with Gasteiger partial charge in [0.15, 0.2) is 0 Å². The molecule has 1 fully saturated rings. The number of carbonyl (C=O) groups excluding carboxylic acids is 1. The summed E-state index contributed by atoms with van der Waals surface area (Å²) in [5, 5.41) is 3.20. The van der Waals surface area contributed by atoms with Crippen molar-refractivity contribution in [1.82, 2.24) is 4.31 Å². The van der Waals surface area contributed by atoms with Gasteiger partial charge in [0.25, 0.3) is 10.0 Å². The van der Waals surface area contributed by atoms with Crippen LogP contribution in [-0.4, -0.2) is 45.9 Å². The standard InChI is InChI=1S/C27H30ClN3O5S2/c28-23-11-4-12-25(19-23)30-38(35,36)26-15-13-24(14-16-26)29-27(32)22-10-5-17-31(20-22)37(33,34)18-6-9-21-7-2-1-3-8-21/h1-4,7-8,11-16,19,22,30H,5-6,9-10,17-18,20H2,(H,29,32). The average molecular weight is 576 g/mol. The van der Waals surface area contributed by atoms with Crippen LogP contribution in [0.4, 0.5) is 11.4 Å². The van der Waals surface area contributed by atoms with Gasteiger partial charge in [0.1, 0.15) is 0 Å². The molecule has 2 N–H and O–H groups in total. The minimum Gasteiger partial charge on any atom is -0.326 e. The highest BCUT2D eigenvalue weighted by molar-refractivity contribution is 7.92. The van der Waals surface area contributed by atoms with Gasteiger partial charge in [-0.3, -0.25) is 9.52 Å². The Balaban J connectivity index is 1.32. The molecule has 11 heteroatoms. The van der Waals surface area contributed by atoms with E-state index < -0.39 is 26.0 Å². The maximum Gasteiger partial charge on any atom is 0.261 e. The first kappa shape index (κ1) is 28.1. The van der Waals surface area contributed by atoms with Gasteiger partial charge in [0.05, 0.1) is 22.3 Å². The minimum absolute atomic E-state index is 0.0286. The van der Waals surface area contributed by atoms with Crippen molar-refractivity contribution in [2.75, 3.05) is 28.9 Å². The van der Waals surface area contributed by atoms with E-state index in [0.717, 1.165) is 5.56 Å². The number of carbonyl (C=O) groups is 1. The normalized spacial score (nSPS) is 16.6. The molecule has 38 heavy (non-hydrogen) atoms. The van der Waals surface area contributed by atoms with Gasteiger partial charge in [-0.2, -0.15) is 0 Å². The second-order valence-corrected chi connectivity index (χ2v) is 13.4. The molecule has 0 bridgehead atoms. The maximum atomic E-state index is 12.9. The van der Waals surface area contributed by atoms with Gasteiger partial charge in [-0.1, -0.05) is 48.0 Å². The number of rotatable bonds is 10. The Labute approximate surface area is 229 Å². The molecule has 0 saturated carbocycles. The number of nitrogens with one attached hydrogen (secondary N) is 2. The quantitative estimate of drug-likeness (QED) is 0.362. The SMILES string of the molecule is O=C(Nc1ccc(S(=O)(=O)Nc2cccc(Cl)c2)cc1)C1CCCN(S(=O)(=O)CCCc2ccccc2)C1. The molecule has 202 valence electrons. The van der Waals surface area contributed by atoms with Crippen molar-refractivity contribution >= 4 is 48.9 Å². The van der Waals surface area contributed by atoms with Crippen molar-refractivity contribution < 1.29 is 21.6 Å². The number of hydrogen-bond donors (Lipinski definition) is 2. The maximum absolute atomic E-state index is 12.9. The summed E-state index contributed by atoms with van der Waals surface area (Å²) < 4.78 is 55.1. The van der Waals surface area contributed by atoms with Gasteiger partial charge in [-0.05, 0) is 73.7 Å². The fourth-order valence-electron chi connectivity index (χ4n) is 4.37. The summed E-state index contributed by atoms with van der Waals surface area (Å²) in [5.41, 5.74) is 1.86. The third-order valence-electron chi connectivity index (χ3n) is 6.37. The van der Waals surface area contributed by atoms with E-state index in [1.807, 2.05) is 30.3 Å². The lowest BCUT2D eigenvalue weighted by Crippen LogP contribution is -2.44. The summed E-state index contributed by atoms with van der Waals surface area (Å²) in [6.45, 7) is 0.541. The number of hydrogen-bond acceptors (Lipinski definition) is 5. The van der Waals surface area contributed by atoms with Crippen molar-refractivity contribution in [2.24, 2.45) is 5.92 Å². The molecular weight excluding hydrogens is 546 g/mol. The van der Waals surface area contributed by atoms with Crippen LogP contribution in [0.25, 0.3) is 0 Å². The van der Waals surface area contributed by atoms with Crippen LogP contribution in [0, 0.1) is 5.92 Å². The second-order valence-electron chi connectivity index (χ2n) is 9.23. The summed E-state index contributed by atoms with van der Waals surface area (Å²) in [5.74, 6) is -0.738. The molecule has 8 nitrogen and oxygen atoms in total. The summed E-state index contributed by atoms with van der Waals surface area (Å²) in [6.07, 6.45) is 2.37. The van der Waals surface area contributed by atoms with Gasteiger partial charge in [0.2, 0.25) is 15.9 Å². The highest BCUT2D eigenvalue weighted by Crippen LogP contribution is 2.24. The molecule has 1 atom stereocenters. The Bertz CT molecular complexity index is 1460. The van der Waals surface area contributed by atoms with Gasteiger partial charge in [-0.25, -0.2) is 21.1 Å². The van der Waals surface area contributed by atoms with Gasteiger partial charge in [-0.15, -0.1) is 0 Å². The van der Waals surface area contributed by atoms with E-state index in [1.54, 1.807) is 18.2 Å². The van der Waals surface area contributed by atoms with Gasteiger partial charge < -0.3 is 5.32 Å². The Morgan fingerprint density at radius 1 is 0.921 bits per heavy atom. The number of aryl methyl sites for hydroxylation is 1. The number of sulfonamides is 2. The highest BCUT2D eigenvalue weighted by Gasteiger charge is 2.32. The molecule has 3 aromatic rings. The summed E-state index contributed by atoms with van der Waals surface area (Å²) in [4.78, 5) is 12.9. The van der Waals surface area contributed by atoms with E-state index in [0.29, 0.717) is 48.6 Å². The first-order chi connectivity index (χ1) is 18.1. The lowest BCUT2D eigenvalue weighted by Gasteiger charge is -2.31. The largest absolute Gasteiger partial charge is 0.326 e. The topological polar surface area (TPSA) is 113 Å². The molecule has 0 aliphatic carbocycles.